The minimum atomic E-state index is -0.506. The molecule has 2 aromatic rings. The summed E-state index contributed by atoms with van der Waals surface area (Å²) in [6, 6.07) is 4.52. The second-order valence-electron chi connectivity index (χ2n) is 3.46. The Bertz CT molecular complexity index is 548. The third-order valence-corrected chi connectivity index (χ3v) is 2.18. The number of anilines is 1. The Hall–Kier alpha value is -2.37. The number of rotatable bonds is 2. The van der Waals surface area contributed by atoms with Crippen molar-refractivity contribution in [2.24, 2.45) is 0 Å². The van der Waals surface area contributed by atoms with Crippen LogP contribution in [-0.4, -0.2) is 14.7 Å². The molecule has 16 heavy (non-hydrogen) atoms. The lowest BCUT2D eigenvalue weighted by Gasteiger charge is -2.02. The number of aromatic nitrogens is 2. The molecule has 0 amide bonds. The van der Waals surface area contributed by atoms with Crippen LogP contribution in [0, 0.1) is 17.0 Å². The molecular weight excluding hydrogens is 208 g/mol. The highest BCUT2D eigenvalue weighted by Crippen LogP contribution is 2.23. The van der Waals surface area contributed by atoms with Crippen LogP contribution in [0.4, 0.5) is 11.4 Å². The molecule has 2 rings (SSSR count). The Morgan fingerprint density at radius 2 is 2.25 bits per heavy atom. The van der Waals surface area contributed by atoms with Gasteiger partial charge in [-0.05, 0) is 24.6 Å². The van der Waals surface area contributed by atoms with Crippen LogP contribution in [0.25, 0.3) is 5.69 Å². The van der Waals surface area contributed by atoms with Crippen molar-refractivity contribution in [3.8, 4) is 5.69 Å². The Labute approximate surface area is 91.5 Å². The van der Waals surface area contributed by atoms with E-state index in [1.807, 2.05) is 13.1 Å². The molecule has 0 aliphatic carbocycles. The molecule has 82 valence electrons. The molecule has 1 heterocycles. The Morgan fingerprint density at radius 3 is 2.75 bits per heavy atom. The van der Waals surface area contributed by atoms with Crippen LogP contribution >= 0.6 is 0 Å². The van der Waals surface area contributed by atoms with E-state index in [0.29, 0.717) is 5.69 Å². The Balaban J connectivity index is 2.45. The van der Waals surface area contributed by atoms with Crippen LogP contribution < -0.4 is 5.73 Å². The molecule has 1 aromatic carbocycles. The number of nitro groups is 1. The van der Waals surface area contributed by atoms with Crippen molar-refractivity contribution in [1.29, 1.82) is 0 Å². The summed E-state index contributed by atoms with van der Waals surface area (Å²) in [6.45, 7) is 1.91. The molecular formula is C10H10N4O2. The predicted molar refractivity (Wildman–Crippen MR) is 59.4 cm³/mol. The van der Waals surface area contributed by atoms with Crippen molar-refractivity contribution in [2.45, 2.75) is 6.92 Å². The first-order valence-corrected chi connectivity index (χ1v) is 4.63. The standard InChI is InChI=1S/C10H10N4O2/c1-7-5-12-13(6-7)8-2-3-10(14(15)16)9(11)4-8/h2-6H,11H2,1H3. The van der Waals surface area contributed by atoms with E-state index in [-0.39, 0.29) is 11.4 Å². The summed E-state index contributed by atoms with van der Waals surface area (Å²) in [6.07, 6.45) is 3.53. The fourth-order valence-electron chi connectivity index (χ4n) is 1.40. The minimum absolute atomic E-state index is 0.0902. The molecule has 0 aliphatic rings. The van der Waals surface area contributed by atoms with Crippen LogP contribution in [0.15, 0.2) is 30.6 Å². The predicted octanol–water partition coefficient (Wildman–Crippen LogP) is 1.67. The first-order chi connectivity index (χ1) is 7.58. The molecule has 0 saturated carbocycles. The largest absolute Gasteiger partial charge is 0.393 e. The van der Waals surface area contributed by atoms with Crippen LogP contribution in [0.1, 0.15) is 5.56 Å². The average molecular weight is 218 g/mol. The van der Waals surface area contributed by atoms with E-state index < -0.39 is 4.92 Å². The second kappa shape index (κ2) is 3.65. The van der Waals surface area contributed by atoms with Crippen molar-refractivity contribution in [1.82, 2.24) is 9.78 Å². The van der Waals surface area contributed by atoms with Crippen molar-refractivity contribution in [2.75, 3.05) is 5.73 Å². The third-order valence-electron chi connectivity index (χ3n) is 2.18. The monoisotopic (exact) mass is 218 g/mol. The summed E-state index contributed by atoms with van der Waals surface area (Å²) < 4.78 is 1.62. The van der Waals surface area contributed by atoms with Gasteiger partial charge in [0.05, 0.1) is 16.8 Å². The molecule has 0 radical (unpaired) electrons. The zero-order chi connectivity index (χ0) is 11.7. The molecule has 0 saturated heterocycles. The summed E-state index contributed by atoms with van der Waals surface area (Å²) in [5.41, 5.74) is 7.34. The van der Waals surface area contributed by atoms with E-state index in [9.17, 15) is 10.1 Å². The smallest absolute Gasteiger partial charge is 0.292 e. The number of hydrogen-bond acceptors (Lipinski definition) is 4. The summed E-state index contributed by atoms with van der Waals surface area (Å²) in [5, 5.41) is 14.7. The molecule has 6 heteroatoms. The van der Waals surface area contributed by atoms with Gasteiger partial charge in [-0.1, -0.05) is 0 Å². The van der Waals surface area contributed by atoms with Gasteiger partial charge in [-0.15, -0.1) is 0 Å². The first kappa shape index (κ1) is 10.2. The molecule has 0 aliphatic heterocycles. The van der Waals surface area contributed by atoms with Gasteiger partial charge in [0.2, 0.25) is 0 Å². The zero-order valence-corrected chi connectivity index (χ0v) is 8.62. The summed E-state index contributed by atoms with van der Waals surface area (Å²) in [5.74, 6) is 0. The minimum Gasteiger partial charge on any atom is -0.393 e. The van der Waals surface area contributed by atoms with E-state index >= 15 is 0 Å². The van der Waals surface area contributed by atoms with E-state index in [4.69, 9.17) is 5.73 Å². The highest BCUT2D eigenvalue weighted by molar-refractivity contribution is 5.62. The van der Waals surface area contributed by atoms with Gasteiger partial charge < -0.3 is 5.73 Å². The Morgan fingerprint density at radius 1 is 1.50 bits per heavy atom. The normalized spacial score (nSPS) is 10.3. The molecule has 0 atom stereocenters. The molecule has 2 N–H and O–H groups in total. The van der Waals surface area contributed by atoms with Crippen molar-refractivity contribution >= 4 is 11.4 Å². The van der Waals surface area contributed by atoms with Gasteiger partial charge in [-0.3, -0.25) is 10.1 Å². The summed E-state index contributed by atoms with van der Waals surface area (Å²) >= 11 is 0. The van der Waals surface area contributed by atoms with Crippen molar-refractivity contribution in [3.05, 3.63) is 46.3 Å². The maximum atomic E-state index is 10.6. The number of nitrogens with zero attached hydrogens (tertiary/aromatic N) is 3. The van der Waals surface area contributed by atoms with Gasteiger partial charge in [0.25, 0.3) is 5.69 Å². The SMILES string of the molecule is Cc1cnn(-c2ccc([N+](=O)[O-])c(N)c2)c1. The van der Waals surface area contributed by atoms with Gasteiger partial charge >= 0.3 is 0 Å². The van der Waals surface area contributed by atoms with Crippen molar-refractivity contribution < 1.29 is 4.92 Å². The van der Waals surface area contributed by atoms with Gasteiger partial charge in [0, 0.05) is 12.3 Å². The van der Waals surface area contributed by atoms with Crippen molar-refractivity contribution in [3.63, 3.8) is 0 Å². The van der Waals surface area contributed by atoms with E-state index in [1.54, 1.807) is 16.9 Å². The maximum Gasteiger partial charge on any atom is 0.292 e. The van der Waals surface area contributed by atoms with Gasteiger partial charge in [-0.2, -0.15) is 5.10 Å². The van der Waals surface area contributed by atoms with Crippen LogP contribution in [0.5, 0.6) is 0 Å². The number of benzene rings is 1. The Kier molecular flexibility index (Phi) is 2.32. The topological polar surface area (TPSA) is 87.0 Å². The second-order valence-corrected chi connectivity index (χ2v) is 3.46. The van der Waals surface area contributed by atoms with Gasteiger partial charge in [0.1, 0.15) is 5.69 Å². The summed E-state index contributed by atoms with van der Waals surface area (Å²) in [4.78, 5) is 10.1. The van der Waals surface area contributed by atoms with E-state index in [1.165, 1.54) is 12.1 Å². The quantitative estimate of drug-likeness (QED) is 0.472. The zero-order valence-electron chi connectivity index (χ0n) is 8.62. The maximum absolute atomic E-state index is 10.6. The lowest BCUT2D eigenvalue weighted by atomic mass is 10.2. The lowest BCUT2D eigenvalue weighted by Crippen LogP contribution is -1.99. The average Bonchev–Trinajstić information content (AvgIpc) is 2.64. The van der Waals surface area contributed by atoms with Gasteiger partial charge in [-0.25, -0.2) is 4.68 Å². The number of nitrogen functional groups attached to an aromatic ring is 1. The lowest BCUT2D eigenvalue weighted by molar-refractivity contribution is -0.383. The summed E-state index contributed by atoms with van der Waals surface area (Å²) in [7, 11) is 0. The molecule has 0 fully saturated rings. The number of nitrogens with two attached hydrogens (primary N) is 1. The first-order valence-electron chi connectivity index (χ1n) is 4.63. The molecule has 0 unspecified atom stereocenters. The molecule has 6 nitrogen and oxygen atoms in total. The fraction of sp³-hybridized carbons (Fsp3) is 0.100. The highest BCUT2D eigenvalue weighted by Gasteiger charge is 2.11. The molecule has 0 bridgehead atoms. The number of aryl methyl sites for hydroxylation is 1. The van der Waals surface area contributed by atoms with Crippen LogP contribution in [-0.2, 0) is 0 Å². The van der Waals surface area contributed by atoms with E-state index in [0.717, 1.165) is 5.56 Å². The molecule has 0 spiro atoms. The van der Waals surface area contributed by atoms with Gasteiger partial charge in [0.15, 0.2) is 0 Å². The van der Waals surface area contributed by atoms with Crippen LogP contribution in [0.3, 0.4) is 0 Å². The number of nitro benzene ring substituents is 1. The molecule has 1 aromatic heterocycles. The fourth-order valence-corrected chi connectivity index (χ4v) is 1.40. The van der Waals surface area contributed by atoms with E-state index in [2.05, 4.69) is 5.10 Å². The number of hydrogen-bond donors (Lipinski definition) is 1. The highest BCUT2D eigenvalue weighted by atomic mass is 16.6. The van der Waals surface area contributed by atoms with Crippen LogP contribution in [0.2, 0.25) is 0 Å². The third kappa shape index (κ3) is 1.72.